The quantitative estimate of drug-likeness (QED) is 0.861. The van der Waals surface area contributed by atoms with Crippen LogP contribution >= 0.6 is 0 Å². The molecule has 1 aliphatic rings. The van der Waals surface area contributed by atoms with Crippen LogP contribution in [0.1, 0.15) is 65.1 Å². The maximum atomic E-state index is 6.31. The van der Waals surface area contributed by atoms with Crippen molar-refractivity contribution in [2.75, 3.05) is 6.54 Å². The van der Waals surface area contributed by atoms with Crippen LogP contribution in [0.15, 0.2) is 18.2 Å². The van der Waals surface area contributed by atoms with Gasteiger partial charge in [-0.2, -0.15) is 0 Å². The molecule has 19 heavy (non-hydrogen) atoms. The van der Waals surface area contributed by atoms with E-state index < -0.39 is 0 Å². The molecule has 0 amide bonds. The first-order chi connectivity index (χ1) is 8.74. The summed E-state index contributed by atoms with van der Waals surface area (Å²) in [5.41, 5.74) is 2.62. The monoisotopic (exact) mass is 261 g/mol. The van der Waals surface area contributed by atoms with Gasteiger partial charge in [0, 0.05) is 18.0 Å². The molecule has 0 bridgehead atoms. The Hall–Kier alpha value is -1.02. The van der Waals surface area contributed by atoms with Crippen LogP contribution in [0.3, 0.4) is 0 Å². The van der Waals surface area contributed by atoms with E-state index in [-0.39, 0.29) is 11.0 Å². The summed E-state index contributed by atoms with van der Waals surface area (Å²) in [5.74, 6) is 1.09. The molecule has 0 aromatic heterocycles. The second-order valence-corrected chi connectivity index (χ2v) is 7.15. The van der Waals surface area contributed by atoms with E-state index >= 15 is 0 Å². The topological polar surface area (TPSA) is 21.3 Å². The van der Waals surface area contributed by atoms with Crippen molar-refractivity contribution in [1.82, 2.24) is 5.32 Å². The Morgan fingerprint density at radius 3 is 2.58 bits per heavy atom. The highest BCUT2D eigenvalue weighted by Gasteiger charge is 2.36. The number of hydrogen-bond acceptors (Lipinski definition) is 2. The van der Waals surface area contributed by atoms with Crippen molar-refractivity contribution in [1.29, 1.82) is 0 Å². The summed E-state index contributed by atoms with van der Waals surface area (Å²) < 4.78 is 6.31. The molecule has 2 rings (SSSR count). The molecule has 1 aromatic carbocycles. The second kappa shape index (κ2) is 4.82. The van der Waals surface area contributed by atoms with E-state index in [1.54, 1.807) is 0 Å². The van der Waals surface area contributed by atoms with E-state index in [2.05, 4.69) is 65.1 Å². The van der Waals surface area contributed by atoms with Gasteiger partial charge in [0.05, 0.1) is 0 Å². The number of benzene rings is 1. The first kappa shape index (κ1) is 14.4. The molecule has 1 heterocycles. The lowest BCUT2D eigenvalue weighted by Crippen LogP contribution is -2.40. The number of rotatable bonds is 2. The highest BCUT2D eigenvalue weighted by atomic mass is 16.5. The zero-order valence-corrected chi connectivity index (χ0v) is 13.1. The summed E-state index contributed by atoms with van der Waals surface area (Å²) in [7, 11) is 0. The van der Waals surface area contributed by atoms with Crippen LogP contribution in [-0.4, -0.2) is 12.1 Å². The van der Waals surface area contributed by atoms with Gasteiger partial charge in [-0.1, -0.05) is 45.9 Å². The number of fused-ring (bicyclic) bond motifs is 1. The minimum Gasteiger partial charge on any atom is -0.487 e. The van der Waals surface area contributed by atoms with Gasteiger partial charge in [-0.25, -0.2) is 0 Å². The normalized spacial score (nSPS) is 21.7. The molecule has 0 saturated carbocycles. The van der Waals surface area contributed by atoms with Crippen molar-refractivity contribution >= 4 is 0 Å². The van der Waals surface area contributed by atoms with Crippen molar-refractivity contribution < 1.29 is 4.74 Å². The minimum atomic E-state index is -0.110. The fraction of sp³-hybridized carbons (Fsp3) is 0.647. The lowest BCUT2D eigenvalue weighted by atomic mass is 9.81. The van der Waals surface area contributed by atoms with Gasteiger partial charge < -0.3 is 10.1 Å². The summed E-state index contributed by atoms with van der Waals surface area (Å²) in [6.07, 6.45) is 1.02. The molecule has 106 valence electrons. The third-order valence-electron chi connectivity index (χ3n) is 3.75. The molecule has 1 aliphatic heterocycles. The predicted molar refractivity (Wildman–Crippen MR) is 80.9 cm³/mol. The van der Waals surface area contributed by atoms with E-state index in [1.807, 2.05) is 0 Å². The van der Waals surface area contributed by atoms with E-state index in [0.717, 1.165) is 18.7 Å². The Morgan fingerprint density at radius 2 is 2.00 bits per heavy atom. The molecule has 1 aromatic rings. The fourth-order valence-corrected chi connectivity index (χ4v) is 2.88. The highest BCUT2D eigenvalue weighted by molar-refractivity contribution is 5.48. The van der Waals surface area contributed by atoms with Crippen LogP contribution in [0.2, 0.25) is 0 Å². The summed E-state index contributed by atoms with van der Waals surface area (Å²) in [5, 5.41) is 3.59. The van der Waals surface area contributed by atoms with Gasteiger partial charge in [0.15, 0.2) is 0 Å². The van der Waals surface area contributed by atoms with Crippen molar-refractivity contribution in [2.45, 2.75) is 65.0 Å². The Bertz CT molecular complexity index is 457. The molecule has 1 unspecified atom stereocenters. The van der Waals surface area contributed by atoms with E-state index in [9.17, 15) is 0 Å². The Balaban J connectivity index is 2.53. The van der Waals surface area contributed by atoms with Crippen molar-refractivity contribution in [3.05, 3.63) is 29.3 Å². The van der Waals surface area contributed by atoms with Gasteiger partial charge in [0.25, 0.3) is 0 Å². The van der Waals surface area contributed by atoms with Crippen molar-refractivity contribution in [3.8, 4) is 5.75 Å². The minimum absolute atomic E-state index is 0.107. The Kier molecular flexibility index (Phi) is 3.65. The largest absolute Gasteiger partial charge is 0.487 e. The molecule has 2 heteroatoms. The lowest BCUT2D eigenvalue weighted by Gasteiger charge is -2.40. The van der Waals surface area contributed by atoms with Gasteiger partial charge in [0.2, 0.25) is 0 Å². The smallest absolute Gasteiger partial charge is 0.128 e. The van der Waals surface area contributed by atoms with Crippen molar-refractivity contribution in [2.24, 2.45) is 0 Å². The fourth-order valence-electron chi connectivity index (χ4n) is 2.88. The van der Waals surface area contributed by atoms with E-state index in [0.29, 0.717) is 6.04 Å². The third-order valence-corrected chi connectivity index (χ3v) is 3.75. The van der Waals surface area contributed by atoms with Gasteiger partial charge in [-0.05, 0) is 31.4 Å². The van der Waals surface area contributed by atoms with Crippen LogP contribution < -0.4 is 10.1 Å². The number of hydrogen-bond donors (Lipinski definition) is 1. The molecule has 2 nitrogen and oxygen atoms in total. The molecule has 0 spiro atoms. The summed E-state index contributed by atoms with van der Waals surface area (Å²) in [6.45, 7) is 14.2. The van der Waals surface area contributed by atoms with Crippen LogP contribution in [0.4, 0.5) is 0 Å². The lowest BCUT2D eigenvalue weighted by molar-refractivity contribution is 0.0640. The van der Waals surface area contributed by atoms with Gasteiger partial charge in [0.1, 0.15) is 11.4 Å². The Labute approximate surface area is 117 Å². The zero-order valence-electron chi connectivity index (χ0n) is 13.1. The van der Waals surface area contributed by atoms with E-state index in [4.69, 9.17) is 4.74 Å². The summed E-state index contributed by atoms with van der Waals surface area (Å²) in [4.78, 5) is 0. The molecule has 0 aliphatic carbocycles. The molecule has 0 radical (unpaired) electrons. The van der Waals surface area contributed by atoms with Gasteiger partial charge >= 0.3 is 0 Å². The van der Waals surface area contributed by atoms with Crippen LogP contribution in [0, 0.1) is 0 Å². The number of para-hydroxylation sites is 1. The first-order valence-corrected chi connectivity index (χ1v) is 7.30. The maximum Gasteiger partial charge on any atom is 0.128 e. The molecule has 0 fully saturated rings. The molecular weight excluding hydrogens is 234 g/mol. The van der Waals surface area contributed by atoms with Crippen molar-refractivity contribution in [3.63, 3.8) is 0 Å². The van der Waals surface area contributed by atoms with Crippen LogP contribution in [0.5, 0.6) is 5.75 Å². The number of nitrogens with one attached hydrogen (secondary N) is 1. The maximum absolute atomic E-state index is 6.31. The third kappa shape index (κ3) is 2.94. The second-order valence-electron chi connectivity index (χ2n) is 7.15. The SMILES string of the molecule is CCNC1CC(C)(C)Oc2c1cccc2C(C)(C)C. The summed E-state index contributed by atoms with van der Waals surface area (Å²) >= 11 is 0. The predicted octanol–water partition coefficient (Wildman–Crippen LogP) is 4.20. The van der Waals surface area contributed by atoms with Crippen LogP contribution in [-0.2, 0) is 5.41 Å². The van der Waals surface area contributed by atoms with Gasteiger partial charge in [-0.15, -0.1) is 0 Å². The van der Waals surface area contributed by atoms with Crippen LogP contribution in [0.25, 0.3) is 0 Å². The standard InChI is InChI=1S/C17H27NO/c1-7-18-14-11-17(5,6)19-15-12(14)9-8-10-13(15)16(2,3)4/h8-10,14,18H,7,11H2,1-6H3. The van der Waals surface area contributed by atoms with E-state index in [1.165, 1.54) is 11.1 Å². The first-order valence-electron chi connectivity index (χ1n) is 7.30. The average molecular weight is 261 g/mol. The summed E-state index contributed by atoms with van der Waals surface area (Å²) in [6, 6.07) is 6.95. The highest BCUT2D eigenvalue weighted by Crippen LogP contribution is 2.44. The molecular formula is C17H27NO. The van der Waals surface area contributed by atoms with Gasteiger partial charge in [-0.3, -0.25) is 0 Å². The average Bonchev–Trinajstić information content (AvgIpc) is 2.25. The zero-order chi connectivity index (χ0) is 14.3. The molecule has 1 atom stereocenters. The Morgan fingerprint density at radius 1 is 1.32 bits per heavy atom. The molecule has 1 N–H and O–H groups in total. The number of ether oxygens (including phenoxy) is 1. The molecule has 0 saturated heterocycles.